The lowest BCUT2D eigenvalue weighted by atomic mass is 10.1. The number of amides is 1. The Labute approximate surface area is 150 Å². The Balaban J connectivity index is 1.69. The number of hydrogen-bond donors (Lipinski definition) is 2. The Morgan fingerprint density at radius 2 is 2.00 bits per heavy atom. The molecule has 132 valence electrons. The molecular weight excluding hydrogens is 328 g/mol. The van der Waals surface area contributed by atoms with Crippen molar-refractivity contribution in [2.45, 2.75) is 26.8 Å². The lowest BCUT2D eigenvalue weighted by Gasteiger charge is -2.12. The van der Waals surface area contributed by atoms with Crippen molar-refractivity contribution in [3.8, 4) is 0 Å². The van der Waals surface area contributed by atoms with Gasteiger partial charge in [0.2, 0.25) is 0 Å². The molecule has 0 aliphatic carbocycles. The molecule has 0 aliphatic heterocycles. The largest absolute Gasteiger partial charge is 0.342 e. The highest BCUT2D eigenvalue weighted by Crippen LogP contribution is 2.23. The Morgan fingerprint density at radius 3 is 2.77 bits per heavy atom. The van der Waals surface area contributed by atoms with Gasteiger partial charge in [0.05, 0.1) is 33.7 Å². The van der Waals surface area contributed by atoms with Gasteiger partial charge in [-0.2, -0.15) is 5.10 Å². The summed E-state index contributed by atoms with van der Waals surface area (Å²) in [7, 11) is 1.83. The van der Waals surface area contributed by atoms with Crippen LogP contribution in [0.4, 0.5) is 0 Å². The van der Waals surface area contributed by atoms with Crippen molar-refractivity contribution < 1.29 is 4.79 Å². The van der Waals surface area contributed by atoms with Crippen molar-refractivity contribution in [1.29, 1.82) is 0 Å². The molecular formula is C19H20N6O. The van der Waals surface area contributed by atoms with E-state index in [4.69, 9.17) is 0 Å². The second-order valence-corrected chi connectivity index (χ2v) is 6.55. The molecule has 0 unspecified atom stereocenters. The topological polar surface area (TPSA) is 88.5 Å². The van der Waals surface area contributed by atoms with Gasteiger partial charge in [0, 0.05) is 12.7 Å². The second kappa shape index (κ2) is 5.94. The molecule has 7 nitrogen and oxygen atoms in total. The maximum absolute atomic E-state index is 13.0. The van der Waals surface area contributed by atoms with E-state index in [0.717, 1.165) is 33.6 Å². The number of aromatic nitrogens is 5. The molecule has 7 heteroatoms. The van der Waals surface area contributed by atoms with E-state index in [9.17, 15) is 4.79 Å². The lowest BCUT2D eigenvalue weighted by molar-refractivity contribution is 0.0940. The molecule has 3 aromatic heterocycles. The zero-order valence-corrected chi connectivity index (χ0v) is 15.2. The number of H-pyrrole nitrogens is 1. The number of benzene rings is 1. The monoisotopic (exact) mass is 348 g/mol. The van der Waals surface area contributed by atoms with Gasteiger partial charge in [-0.25, -0.2) is 9.97 Å². The number of nitrogens with zero attached hydrogens (tertiary/aromatic N) is 4. The summed E-state index contributed by atoms with van der Waals surface area (Å²) in [5, 5.41) is 8.21. The molecule has 1 amide bonds. The fraction of sp³-hybridized carbons (Fsp3) is 0.263. The first-order valence-electron chi connectivity index (χ1n) is 8.50. The van der Waals surface area contributed by atoms with E-state index < -0.39 is 0 Å². The lowest BCUT2D eigenvalue weighted by Crippen LogP contribution is -2.27. The van der Waals surface area contributed by atoms with Crippen molar-refractivity contribution in [1.82, 2.24) is 30.0 Å². The van der Waals surface area contributed by atoms with Gasteiger partial charge in [-0.3, -0.25) is 9.48 Å². The SMILES string of the molecule is Cc1cc(C(=O)N[C@@H](C)c2nc3ccccc3[nH]2)c2c(C)nn(C)c2n1. The third-order valence-corrected chi connectivity index (χ3v) is 4.51. The molecule has 1 aromatic carbocycles. The smallest absolute Gasteiger partial charge is 0.252 e. The van der Waals surface area contributed by atoms with Crippen molar-refractivity contribution in [2.24, 2.45) is 7.05 Å². The van der Waals surface area contributed by atoms with Gasteiger partial charge in [-0.1, -0.05) is 12.1 Å². The van der Waals surface area contributed by atoms with Crippen LogP contribution in [-0.2, 0) is 7.05 Å². The maximum atomic E-state index is 13.0. The Hall–Kier alpha value is -3.22. The van der Waals surface area contributed by atoms with E-state index in [2.05, 4.69) is 25.4 Å². The van der Waals surface area contributed by atoms with Crippen LogP contribution in [-0.4, -0.2) is 30.6 Å². The van der Waals surface area contributed by atoms with Crippen LogP contribution in [0, 0.1) is 13.8 Å². The molecule has 1 atom stereocenters. The minimum atomic E-state index is -0.254. The minimum absolute atomic E-state index is 0.162. The van der Waals surface area contributed by atoms with Gasteiger partial charge < -0.3 is 10.3 Å². The predicted molar refractivity (Wildman–Crippen MR) is 100.0 cm³/mol. The number of imidazole rings is 1. The fourth-order valence-corrected chi connectivity index (χ4v) is 3.27. The molecule has 4 aromatic rings. The molecule has 0 saturated carbocycles. The number of carbonyl (C=O) groups excluding carboxylic acids is 1. The number of rotatable bonds is 3. The van der Waals surface area contributed by atoms with Crippen LogP contribution in [0.15, 0.2) is 30.3 Å². The van der Waals surface area contributed by atoms with Gasteiger partial charge in [0.25, 0.3) is 5.91 Å². The van der Waals surface area contributed by atoms with Gasteiger partial charge in [-0.05, 0) is 39.0 Å². The molecule has 3 heterocycles. The first-order valence-corrected chi connectivity index (χ1v) is 8.50. The number of para-hydroxylation sites is 2. The number of carbonyl (C=O) groups is 1. The predicted octanol–water partition coefficient (Wildman–Crippen LogP) is 2.95. The van der Waals surface area contributed by atoms with E-state index in [1.807, 2.05) is 52.1 Å². The van der Waals surface area contributed by atoms with E-state index in [1.54, 1.807) is 10.7 Å². The summed E-state index contributed by atoms with van der Waals surface area (Å²) in [5.74, 6) is 0.564. The van der Waals surface area contributed by atoms with Gasteiger partial charge in [-0.15, -0.1) is 0 Å². The van der Waals surface area contributed by atoms with Crippen LogP contribution in [0.25, 0.3) is 22.1 Å². The number of pyridine rings is 1. The zero-order chi connectivity index (χ0) is 18.4. The summed E-state index contributed by atoms with van der Waals surface area (Å²) in [4.78, 5) is 25.3. The third kappa shape index (κ3) is 2.61. The molecule has 0 spiro atoms. The highest BCUT2D eigenvalue weighted by molar-refractivity contribution is 6.06. The van der Waals surface area contributed by atoms with Gasteiger partial charge >= 0.3 is 0 Å². The number of nitrogens with one attached hydrogen (secondary N) is 2. The van der Waals surface area contributed by atoms with Gasteiger partial charge in [0.15, 0.2) is 5.65 Å². The van der Waals surface area contributed by atoms with Crippen LogP contribution in [0.2, 0.25) is 0 Å². The number of aryl methyl sites for hydroxylation is 3. The van der Waals surface area contributed by atoms with E-state index in [1.165, 1.54) is 0 Å². The van der Waals surface area contributed by atoms with Gasteiger partial charge in [0.1, 0.15) is 5.82 Å². The van der Waals surface area contributed by atoms with Crippen LogP contribution in [0.1, 0.15) is 40.5 Å². The quantitative estimate of drug-likeness (QED) is 0.596. The minimum Gasteiger partial charge on any atom is -0.342 e. The summed E-state index contributed by atoms with van der Waals surface area (Å²) >= 11 is 0. The van der Waals surface area contributed by atoms with Crippen molar-refractivity contribution in [3.05, 3.63) is 53.1 Å². The van der Waals surface area contributed by atoms with Crippen LogP contribution >= 0.6 is 0 Å². The van der Waals surface area contributed by atoms with Crippen LogP contribution in [0.5, 0.6) is 0 Å². The Morgan fingerprint density at radius 1 is 1.23 bits per heavy atom. The van der Waals surface area contributed by atoms with Crippen molar-refractivity contribution >= 4 is 28.0 Å². The molecule has 0 saturated heterocycles. The summed E-state index contributed by atoms with van der Waals surface area (Å²) in [6, 6.07) is 9.36. The zero-order valence-electron chi connectivity index (χ0n) is 15.2. The Kier molecular flexibility index (Phi) is 3.72. The number of hydrogen-bond acceptors (Lipinski definition) is 4. The third-order valence-electron chi connectivity index (χ3n) is 4.51. The standard InChI is InChI=1S/C19H20N6O/c1-10-9-13(16-11(2)24-25(4)18(16)20-10)19(26)21-12(3)17-22-14-7-5-6-8-15(14)23-17/h5-9,12H,1-4H3,(H,21,26)(H,22,23)/t12-/m0/s1. The number of fused-ring (bicyclic) bond motifs is 2. The molecule has 26 heavy (non-hydrogen) atoms. The van der Waals surface area contributed by atoms with Crippen molar-refractivity contribution in [3.63, 3.8) is 0 Å². The highest BCUT2D eigenvalue weighted by atomic mass is 16.1. The van der Waals surface area contributed by atoms with E-state index in [-0.39, 0.29) is 11.9 Å². The maximum Gasteiger partial charge on any atom is 0.252 e. The number of aromatic amines is 1. The molecule has 2 N–H and O–H groups in total. The Bertz CT molecular complexity index is 1110. The summed E-state index contributed by atoms with van der Waals surface area (Å²) in [6.45, 7) is 5.68. The molecule has 0 radical (unpaired) electrons. The molecule has 4 rings (SSSR count). The van der Waals surface area contributed by atoms with E-state index >= 15 is 0 Å². The average molecular weight is 348 g/mol. The first-order chi connectivity index (χ1) is 12.4. The fourth-order valence-electron chi connectivity index (χ4n) is 3.27. The highest BCUT2D eigenvalue weighted by Gasteiger charge is 2.20. The van der Waals surface area contributed by atoms with E-state index in [0.29, 0.717) is 11.2 Å². The normalized spacial score (nSPS) is 12.6. The first kappa shape index (κ1) is 16.3. The van der Waals surface area contributed by atoms with Crippen molar-refractivity contribution in [2.75, 3.05) is 0 Å². The van der Waals surface area contributed by atoms with Crippen LogP contribution in [0.3, 0.4) is 0 Å². The summed E-state index contributed by atoms with van der Waals surface area (Å²) in [6.07, 6.45) is 0. The summed E-state index contributed by atoms with van der Waals surface area (Å²) < 4.78 is 1.71. The second-order valence-electron chi connectivity index (χ2n) is 6.55. The van der Waals surface area contributed by atoms with Crippen LogP contribution < -0.4 is 5.32 Å². The summed E-state index contributed by atoms with van der Waals surface area (Å²) in [5.41, 5.74) is 4.70. The molecule has 0 aliphatic rings. The average Bonchev–Trinajstić information content (AvgIpc) is 3.15. The molecule has 0 bridgehead atoms. The molecule has 0 fully saturated rings.